The molecule has 16 heteroatoms. The summed E-state index contributed by atoms with van der Waals surface area (Å²) in [5.41, 5.74) is 2.14. The number of nitrogens with one attached hydrogen (secondary N) is 1. The lowest BCUT2D eigenvalue weighted by Gasteiger charge is -2.38. The Bertz CT molecular complexity index is 1730. The summed E-state index contributed by atoms with van der Waals surface area (Å²) in [6, 6.07) is 10.0. The van der Waals surface area contributed by atoms with Crippen molar-refractivity contribution in [1.29, 1.82) is 5.26 Å². The van der Waals surface area contributed by atoms with Gasteiger partial charge < -0.3 is 35.2 Å². The van der Waals surface area contributed by atoms with Gasteiger partial charge in [-0.3, -0.25) is 9.25 Å². The number of aliphatic hydroxyl groups is 3. The number of aromatic nitrogens is 5. The second-order valence-electron chi connectivity index (χ2n) is 11.2. The first-order valence-electron chi connectivity index (χ1n) is 14.9. The zero-order valence-electron chi connectivity index (χ0n) is 25.3. The molecule has 4 aromatic rings. The smallest absolute Gasteiger partial charge is 0.335 e. The first kappa shape index (κ1) is 33.8. The third-order valence-electron chi connectivity index (χ3n) is 8.25. The molecule has 2 aliphatic rings. The van der Waals surface area contributed by atoms with E-state index < -0.39 is 36.7 Å². The number of ether oxygens (including phenoxy) is 2. The lowest BCUT2D eigenvalue weighted by molar-refractivity contribution is -0.271. The molecule has 1 amide bonds. The molecule has 4 heterocycles. The van der Waals surface area contributed by atoms with Crippen LogP contribution >= 0.6 is 11.6 Å². The van der Waals surface area contributed by atoms with Crippen LogP contribution < -0.4 is 10.1 Å². The van der Waals surface area contributed by atoms with E-state index in [2.05, 4.69) is 26.5 Å². The maximum atomic E-state index is 12.0. The number of carbonyl (C=O) groups is 2. The first-order valence-corrected chi connectivity index (χ1v) is 15.3. The number of hydrogen-bond acceptors (Lipinski definition) is 11. The van der Waals surface area contributed by atoms with Gasteiger partial charge in [0.15, 0.2) is 11.8 Å². The summed E-state index contributed by atoms with van der Waals surface area (Å²) in [6.07, 6.45) is 3.94. The molecule has 5 N–H and O–H groups in total. The monoisotopic (exact) mass is 667 g/mol. The van der Waals surface area contributed by atoms with Crippen molar-refractivity contribution < 1.29 is 39.5 Å². The Morgan fingerprint density at radius 2 is 1.85 bits per heavy atom. The number of carboxylic acids is 1. The van der Waals surface area contributed by atoms with Gasteiger partial charge >= 0.3 is 12.0 Å². The summed E-state index contributed by atoms with van der Waals surface area (Å²) >= 11 is 5.70. The van der Waals surface area contributed by atoms with E-state index in [1.807, 2.05) is 16.9 Å². The fraction of sp³-hybridized carbons (Fsp3) is 0.419. The van der Waals surface area contributed by atoms with Crippen LogP contribution in [0.2, 0.25) is 5.02 Å². The Morgan fingerprint density at radius 1 is 1.13 bits per heavy atom. The van der Waals surface area contributed by atoms with Crippen molar-refractivity contribution in [3.8, 4) is 23.1 Å². The van der Waals surface area contributed by atoms with Crippen LogP contribution in [-0.2, 0) is 9.53 Å². The third-order valence-corrected chi connectivity index (χ3v) is 8.50. The molecule has 15 nitrogen and oxygen atoms in total. The van der Waals surface area contributed by atoms with Crippen molar-refractivity contribution in [3.05, 3.63) is 60.3 Å². The molecule has 0 unspecified atom stereocenters. The predicted molar refractivity (Wildman–Crippen MR) is 166 cm³/mol. The summed E-state index contributed by atoms with van der Waals surface area (Å²) < 4.78 is 13.6. The predicted octanol–water partition coefficient (Wildman–Crippen LogP) is 2.74. The maximum Gasteiger partial charge on any atom is 0.335 e. The number of fused-ring (bicyclic) bond motifs is 1. The van der Waals surface area contributed by atoms with Crippen LogP contribution in [0.1, 0.15) is 38.1 Å². The van der Waals surface area contributed by atoms with Crippen molar-refractivity contribution >= 4 is 34.6 Å². The van der Waals surface area contributed by atoms with E-state index in [-0.39, 0.29) is 17.8 Å². The average molecular weight is 668 g/mol. The fourth-order valence-electron chi connectivity index (χ4n) is 5.82. The molecule has 2 fully saturated rings. The minimum Gasteiger partial charge on any atom is -0.479 e. The zero-order chi connectivity index (χ0) is 33.7. The first-order chi connectivity index (χ1) is 22.6. The molecule has 0 radical (unpaired) electrons. The number of carbonyl (C=O) groups excluding carboxylic acids is 1. The number of aliphatic hydroxyl groups excluding tert-OH is 3. The van der Waals surface area contributed by atoms with Gasteiger partial charge in [0.1, 0.15) is 30.4 Å². The van der Waals surface area contributed by atoms with Gasteiger partial charge in [-0.2, -0.15) is 10.4 Å². The number of nitrogens with zero attached hydrogens (tertiary/aromatic N) is 6. The molecule has 248 valence electrons. The highest BCUT2D eigenvalue weighted by Crippen LogP contribution is 2.37. The molecule has 0 spiro atoms. The van der Waals surface area contributed by atoms with E-state index >= 15 is 0 Å². The van der Waals surface area contributed by atoms with Gasteiger partial charge in [-0.05, 0) is 49.1 Å². The Hall–Kier alpha value is -4.59. The second-order valence-corrected chi connectivity index (χ2v) is 11.6. The molecule has 6 rings (SSSR count). The fourth-order valence-corrected chi connectivity index (χ4v) is 5.94. The van der Waals surface area contributed by atoms with Crippen LogP contribution in [0.25, 0.3) is 22.3 Å². The normalized spacial score (nSPS) is 23.4. The van der Waals surface area contributed by atoms with Gasteiger partial charge in [-0.15, -0.1) is 0 Å². The van der Waals surface area contributed by atoms with E-state index in [0.29, 0.717) is 23.0 Å². The number of nitriles is 1. The van der Waals surface area contributed by atoms with Crippen LogP contribution in [0.15, 0.2) is 55.2 Å². The van der Waals surface area contributed by atoms with Crippen LogP contribution in [-0.4, -0.2) is 94.5 Å². The van der Waals surface area contributed by atoms with Gasteiger partial charge in [0.25, 0.3) is 0 Å². The molecule has 1 saturated carbocycles. The molecule has 0 bridgehead atoms. The van der Waals surface area contributed by atoms with Gasteiger partial charge in [0.05, 0.1) is 30.4 Å². The second kappa shape index (κ2) is 14.9. The van der Waals surface area contributed by atoms with E-state index in [4.69, 9.17) is 26.2 Å². The maximum absolute atomic E-state index is 12.0. The Morgan fingerprint density at radius 3 is 2.51 bits per heavy atom. The summed E-state index contributed by atoms with van der Waals surface area (Å²) in [5, 5.41) is 55.4. The summed E-state index contributed by atoms with van der Waals surface area (Å²) in [4.78, 5) is 31.6. The molecule has 1 saturated heterocycles. The van der Waals surface area contributed by atoms with Crippen molar-refractivity contribution in [2.24, 2.45) is 5.92 Å². The average Bonchev–Trinajstić information content (AvgIpc) is 3.86. The molecule has 6 atom stereocenters. The topological polar surface area (TPSA) is 218 Å². The Kier molecular flexibility index (Phi) is 10.7. The van der Waals surface area contributed by atoms with E-state index in [1.165, 1.54) is 48.0 Å². The number of aliphatic carboxylic acids is 1. The number of rotatable bonds is 7. The molecule has 3 aromatic heterocycles. The molecule has 47 heavy (non-hydrogen) atoms. The number of halogens is 1. The van der Waals surface area contributed by atoms with Crippen LogP contribution in [0.4, 0.5) is 4.79 Å². The van der Waals surface area contributed by atoms with Gasteiger partial charge in [-0.25, -0.2) is 19.6 Å². The molecule has 1 aliphatic carbocycles. The highest BCUT2D eigenvalue weighted by molar-refractivity contribution is 6.30. The number of hydrogen-bond donors (Lipinski definition) is 5. The van der Waals surface area contributed by atoms with E-state index in [9.17, 15) is 30.2 Å². The lowest BCUT2D eigenvalue weighted by Crippen LogP contribution is -2.61. The van der Waals surface area contributed by atoms with Crippen molar-refractivity contribution in [1.82, 2.24) is 29.6 Å². The number of benzene rings is 1. The quantitative estimate of drug-likeness (QED) is 0.192. The van der Waals surface area contributed by atoms with Crippen LogP contribution in [0, 0.1) is 17.2 Å². The van der Waals surface area contributed by atoms with Gasteiger partial charge in [0, 0.05) is 35.4 Å². The Labute approximate surface area is 273 Å². The highest BCUT2D eigenvalue weighted by Gasteiger charge is 2.48. The minimum absolute atomic E-state index is 0.0963. The summed E-state index contributed by atoms with van der Waals surface area (Å²) in [7, 11) is 1.58. The summed E-state index contributed by atoms with van der Waals surface area (Å²) in [5.74, 6) is -0.698. The summed E-state index contributed by atoms with van der Waals surface area (Å²) in [6.45, 7) is 0. The third kappa shape index (κ3) is 7.37. The minimum atomic E-state index is -1.74. The van der Waals surface area contributed by atoms with Crippen molar-refractivity contribution in [2.75, 3.05) is 7.05 Å². The zero-order valence-corrected chi connectivity index (χ0v) is 26.0. The number of amides is 1. The molecule has 1 aliphatic heterocycles. The van der Waals surface area contributed by atoms with Gasteiger partial charge in [0.2, 0.25) is 6.29 Å². The van der Waals surface area contributed by atoms with Crippen molar-refractivity contribution in [3.63, 3.8) is 0 Å². The van der Waals surface area contributed by atoms with E-state index in [0.717, 1.165) is 29.5 Å². The van der Waals surface area contributed by atoms with Gasteiger partial charge in [-0.1, -0.05) is 24.4 Å². The van der Waals surface area contributed by atoms with E-state index in [1.54, 1.807) is 19.4 Å². The Balaban J connectivity index is 0.000000194. The van der Waals surface area contributed by atoms with Crippen LogP contribution in [0.3, 0.4) is 0 Å². The largest absolute Gasteiger partial charge is 0.479 e. The van der Waals surface area contributed by atoms with Crippen molar-refractivity contribution in [2.45, 2.75) is 68.9 Å². The number of carboxylic acid groups (broad SMARTS) is 1. The molecule has 1 aromatic carbocycles. The SMILES string of the molecule is CNC(=O)n1ccc2c(-c3cnn([C@H](CC#N)C4CCCC4)c3)ncnc21.O=C(O)[C@H]1O[C@@H](Oc2ccc(Cl)cc2)[C@H](O)[C@@H](O)[C@@H]1O. The molecular weight excluding hydrogens is 634 g/mol. The van der Waals surface area contributed by atoms with Crippen LogP contribution in [0.5, 0.6) is 5.75 Å². The standard InChI is InChI=1S/C19H21N7O.C12H13ClO7/c1-21-19(27)25-9-7-15-17(22-12-23-18(15)25)14-10-24-26(11-14)16(6-8-20)13-4-2-3-5-13;13-5-1-3-6(4-2-5)19-12-9(16)7(14)8(15)10(20-12)11(17)18/h7,9-13,16H,2-6H2,1H3,(H,21,27);1-4,7-10,12,14-16H,(H,17,18)/t16-;7-,8-,9+,10-,12+/m10/s1. The lowest BCUT2D eigenvalue weighted by atomic mass is 9.96. The highest BCUT2D eigenvalue weighted by atomic mass is 35.5. The molecular formula is C31H34ClN7O8.